The van der Waals surface area contributed by atoms with Gasteiger partial charge in [-0.15, -0.1) is 11.3 Å². The topological polar surface area (TPSA) is 57.0 Å². The van der Waals surface area contributed by atoms with Crippen LogP contribution in [0.2, 0.25) is 0 Å². The van der Waals surface area contributed by atoms with Crippen molar-refractivity contribution in [2.75, 3.05) is 0 Å². The highest BCUT2D eigenvalue weighted by molar-refractivity contribution is 7.26. The second-order valence-corrected chi connectivity index (χ2v) is 17.1. The average molecular weight is 810 g/mol. The molecule has 0 aliphatic carbocycles. The van der Waals surface area contributed by atoms with Gasteiger partial charge < -0.3 is 8.83 Å². The molecule has 5 heterocycles. The van der Waals surface area contributed by atoms with Gasteiger partial charge in [0.05, 0.1) is 32.3 Å². The first kappa shape index (κ1) is 33.7. The van der Waals surface area contributed by atoms with Crippen LogP contribution in [0.5, 0.6) is 0 Å². The molecule has 5 nitrogen and oxygen atoms in total. The van der Waals surface area contributed by atoms with Crippen molar-refractivity contribution in [1.29, 1.82) is 0 Å². The Bertz CT molecular complexity index is 4170. The minimum absolute atomic E-state index is 0.620. The van der Waals surface area contributed by atoms with Gasteiger partial charge in [-0.25, -0.2) is 9.97 Å². The summed E-state index contributed by atoms with van der Waals surface area (Å²) in [6.07, 6.45) is 0. The molecule has 0 saturated carbocycles. The zero-order valence-electron chi connectivity index (χ0n) is 33.0. The molecule has 0 unspecified atom stereocenters. The van der Waals surface area contributed by atoms with E-state index in [0.29, 0.717) is 5.95 Å². The molecule has 62 heavy (non-hydrogen) atoms. The van der Waals surface area contributed by atoms with Crippen LogP contribution in [0.4, 0.5) is 0 Å². The molecule has 0 fully saturated rings. The van der Waals surface area contributed by atoms with Crippen molar-refractivity contribution in [2.24, 2.45) is 0 Å². The minimum atomic E-state index is 0.620. The van der Waals surface area contributed by atoms with E-state index < -0.39 is 0 Å². The number of para-hydroxylation sites is 3. The highest BCUT2D eigenvalue weighted by Crippen LogP contribution is 2.47. The van der Waals surface area contributed by atoms with Crippen molar-refractivity contribution in [3.63, 3.8) is 0 Å². The molecule has 6 heteroatoms. The van der Waals surface area contributed by atoms with E-state index >= 15 is 0 Å². The molecule has 0 atom stereocenters. The molecule has 0 N–H and O–H groups in total. The maximum absolute atomic E-state index is 7.14. The molecule has 0 bridgehead atoms. The summed E-state index contributed by atoms with van der Waals surface area (Å²) < 4.78 is 18.2. The van der Waals surface area contributed by atoms with Gasteiger partial charge in [-0.3, -0.25) is 4.57 Å². The van der Waals surface area contributed by atoms with E-state index in [0.717, 1.165) is 120 Å². The largest absolute Gasteiger partial charge is 0.455 e. The van der Waals surface area contributed by atoms with Gasteiger partial charge in [0.1, 0.15) is 22.3 Å². The quantitative estimate of drug-likeness (QED) is 0.178. The number of rotatable bonds is 4. The smallest absolute Gasteiger partial charge is 0.235 e. The molecule has 0 aliphatic heterocycles. The summed E-state index contributed by atoms with van der Waals surface area (Å²) >= 11 is 1.75. The Hall–Kier alpha value is -8.06. The van der Waals surface area contributed by atoms with E-state index in [2.05, 4.69) is 180 Å². The molecule has 5 aromatic heterocycles. The van der Waals surface area contributed by atoms with E-state index in [1.807, 2.05) is 12.1 Å². The zero-order chi connectivity index (χ0) is 40.5. The number of aromatic nitrogens is 3. The van der Waals surface area contributed by atoms with Crippen LogP contribution in [0.1, 0.15) is 0 Å². The van der Waals surface area contributed by atoms with E-state index in [4.69, 9.17) is 18.8 Å². The van der Waals surface area contributed by atoms with Crippen LogP contribution in [0, 0.1) is 0 Å². The van der Waals surface area contributed by atoms with Crippen LogP contribution < -0.4 is 0 Å². The predicted octanol–water partition coefficient (Wildman–Crippen LogP) is 15.9. The predicted molar refractivity (Wildman–Crippen MR) is 258 cm³/mol. The lowest BCUT2D eigenvalue weighted by Crippen LogP contribution is -2.02. The normalized spacial score (nSPS) is 12.2. The number of hydrogen-bond acceptors (Lipinski definition) is 5. The third-order valence-electron chi connectivity index (χ3n) is 12.6. The third kappa shape index (κ3) is 4.72. The number of benzene rings is 9. The Morgan fingerprint density at radius 2 is 1.10 bits per heavy atom. The second kappa shape index (κ2) is 12.7. The van der Waals surface area contributed by atoms with Crippen LogP contribution in [-0.4, -0.2) is 14.5 Å². The van der Waals surface area contributed by atoms with E-state index in [9.17, 15) is 0 Å². The van der Waals surface area contributed by atoms with Crippen LogP contribution in [0.15, 0.2) is 197 Å². The Labute approximate surface area is 357 Å². The molecular weight excluding hydrogens is 779 g/mol. The molecule has 288 valence electrons. The number of nitrogens with zero attached hydrogens (tertiary/aromatic N) is 3. The number of fused-ring (bicyclic) bond motifs is 15. The molecule has 9 aromatic carbocycles. The summed E-state index contributed by atoms with van der Waals surface area (Å²) in [7, 11) is 0. The molecular formula is C56H31N3O2S. The monoisotopic (exact) mass is 809 g/mol. The first-order chi connectivity index (χ1) is 30.7. The highest BCUT2D eigenvalue weighted by atomic mass is 32.1. The molecule has 0 amide bonds. The lowest BCUT2D eigenvalue weighted by molar-refractivity contribution is 0.669. The number of hydrogen-bond donors (Lipinski definition) is 0. The molecule has 14 rings (SSSR count). The van der Waals surface area contributed by atoms with Crippen LogP contribution in [0.25, 0.3) is 136 Å². The summed E-state index contributed by atoms with van der Waals surface area (Å²) in [5, 5.41) is 9.89. The van der Waals surface area contributed by atoms with Crippen molar-refractivity contribution in [3.05, 3.63) is 188 Å². The fourth-order valence-electron chi connectivity index (χ4n) is 9.90. The van der Waals surface area contributed by atoms with Gasteiger partial charge in [0.15, 0.2) is 0 Å². The highest BCUT2D eigenvalue weighted by Gasteiger charge is 2.24. The molecule has 0 radical (unpaired) electrons. The van der Waals surface area contributed by atoms with Crippen LogP contribution in [-0.2, 0) is 0 Å². The molecule has 14 aromatic rings. The fourth-order valence-corrected chi connectivity index (χ4v) is 11.1. The summed E-state index contributed by atoms with van der Waals surface area (Å²) in [5.74, 6) is 0.620. The van der Waals surface area contributed by atoms with Crippen LogP contribution >= 0.6 is 11.3 Å². The van der Waals surface area contributed by atoms with Crippen LogP contribution in [0.3, 0.4) is 0 Å². The fraction of sp³-hybridized carbons (Fsp3) is 0. The zero-order valence-corrected chi connectivity index (χ0v) is 33.8. The molecule has 0 spiro atoms. The van der Waals surface area contributed by atoms with Gasteiger partial charge in [0.25, 0.3) is 0 Å². The van der Waals surface area contributed by atoms with E-state index in [1.54, 1.807) is 11.3 Å². The number of thiophene rings is 1. The van der Waals surface area contributed by atoms with Crippen molar-refractivity contribution in [2.45, 2.75) is 0 Å². The lowest BCUT2D eigenvalue weighted by atomic mass is 9.93. The maximum Gasteiger partial charge on any atom is 0.235 e. The first-order valence-electron chi connectivity index (χ1n) is 20.8. The SMILES string of the molecule is c1ccc(-c2cccc(-c3nc(-n4c5ccccc5c5c6oc7cc(-c8cccc9c8oc8ccccc89)c8ccccc8c7c6ccc54)nc4c3sc3ccccc34)c2)cc1. The Morgan fingerprint density at radius 3 is 2.00 bits per heavy atom. The summed E-state index contributed by atoms with van der Waals surface area (Å²) in [5.41, 5.74) is 12.8. The second-order valence-electron chi connectivity index (χ2n) is 16.0. The third-order valence-corrected chi connectivity index (χ3v) is 13.8. The summed E-state index contributed by atoms with van der Waals surface area (Å²) in [6.45, 7) is 0. The van der Waals surface area contributed by atoms with Crippen molar-refractivity contribution < 1.29 is 8.83 Å². The molecule has 0 saturated heterocycles. The minimum Gasteiger partial charge on any atom is -0.455 e. The van der Waals surface area contributed by atoms with E-state index in [-0.39, 0.29) is 0 Å². The Kier molecular flexibility index (Phi) is 6.92. The van der Waals surface area contributed by atoms with Crippen molar-refractivity contribution >= 4 is 108 Å². The van der Waals surface area contributed by atoms with Crippen molar-refractivity contribution in [1.82, 2.24) is 14.5 Å². The van der Waals surface area contributed by atoms with Gasteiger partial charge >= 0.3 is 0 Å². The first-order valence-corrected chi connectivity index (χ1v) is 21.6. The van der Waals surface area contributed by atoms with Crippen molar-refractivity contribution in [3.8, 4) is 39.5 Å². The summed E-state index contributed by atoms with van der Waals surface area (Å²) in [4.78, 5) is 11.0. The average Bonchev–Trinajstić information content (AvgIpc) is 4.10. The lowest BCUT2D eigenvalue weighted by Gasteiger charge is -2.11. The van der Waals surface area contributed by atoms with Gasteiger partial charge in [0.2, 0.25) is 5.95 Å². The van der Waals surface area contributed by atoms with Gasteiger partial charge in [-0.2, -0.15) is 0 Å². The summed E-state index contributed by atoms with van der Waals surface area (Å²) in [6, 6.07) is 66.3. The maximum atomic E-state index is 7.14. The Balaban J connectivity index is 1.04. The number of furan rings is 2. The van der Waals surface area contributed by atoms with Gasteiger partial charge in [0, 0.05) is 48.1 Å². The Morgan fingerprint density at radius 1 is 0.403 bits per heavy atom. The standard InChI is InChI=1S/C56H31N3O2S/c1-2-14-32(15-3-1)33-16-12-17-34(30-33)51-55-52(41-22-8-11-27-48(41)62-55)58-56(57-51)59-44-25-9-6-21-40(44)50-45(59)29-28-42-49-37-20-5-4-18-35(37)43(31-47(49)61-54(42)50)39-24-13-23-38-36-19-7-10-26-46(36)60-53(38)39/h1-31H. The molecule has 0 aliphatic rings. The van der Waals surface area contributed by atoms with E-state index in [1.165, 1.54) is 10.3 Å². The van der Waals surface area contributed by atoms with Gasteiger partial charge in [-0.05, 0) is 69.9 Å². The van der Waals surface area contributed by atoms with Gasteiger partial charge in [-0.1, -0.05) is 146 Å².